The zero-order valence-electron chi connectivity index (χ0n) is 16.8. The van der Waals surface area contributed by atoms with E-state index in [0.717, 1.165) is 25.2 Å². The predicted octanol–water partition coefficient (Wildman–Crippen LogP) is 6.93. The van der Waals surface area contributed by atoms with Crippen molar-refractivity contribution in [1.82, 2.24) is 4.98 Å². The summed E-state index contributed by atoms with van der Waals surface area (Å²) in [6.07, 6.45) is 11.9. The van der Waals surface area contributed by atoms with Gasteiger partial charge in [0.25, 0.3) is 0 Å². The van der Waals surface area contributed by atoms with Crippen molar-refractivity contribution in [3.8, 4) is 5.75 Å². The lowest BCUT2D eigenvalue weighted by Crippen LogP contribution is -2.00. The van der Waals surface area contributed by atoms with Gasteiger partial charge in [0.05, 0.1) is 6.61 Å². The van der Waals surface area contributed by atoms with Gasteiger partial charge in [-0.05, 0) is 48.6 Å². The molecule has 2 nitrogen and oxygen atoms in total. The van der Waals surface area contributed by atoms with Crippen molar-refractivity contribution in [2.75, 3.05) is 6.61 Å². The van der Waals surface area contributed by atoms with Gasteiger partial charge in [-0.3, -0.25) is 4.98 Å². The number of aromatic nitrogens is 1. The Morgan fingerprint density at radius 2 is 1.50 bits per heavy atom. The maximum atomic E-state index is 5.84. The van der Waals surface area contributed by atoms with Gasteiger partial charge in [0.1, 0.15) is 5.75 Å². The van der Waals surface area contributed by atoms with Crippen molar-refractivity contribution < 1.29 is 4.74 Å². The van der Waals surface area contributed by atoms with E-state index in [9.17, 15) is 0 Å². The number of unbranched alkanes of at least 4 members (excludes halogenated alkanes) is 5. The molecule has 2 heteroatoms. The van der Waals surface area contributed by atoms with Crippen molar-refractivity contribution in [3.63, 3.8) is 0 Å². The minimum atomic E-state index is 0.353. The summed E-state index contributed by atoms with van der Waals surface area (Å²) in [7, 11) is 0. The van der Waals surface area contributed by atoms with Gasteiger partial charge in [0.15, 0.2) is 0 Å². The van der Waals surface area contributed by atoms with E-state index in [1.165, 1.54) is 55.3 Å². The lowest BCUT2D eigenvalue weighted by molar-refractivity contribution is 0.305. The molecule has 2 aromatic rings. The second kappa shape index (κ2) is 11.7. The third-order valence-corrected chi connectivity index (χ3v) is 5.03. The number of benzene rings is 1. The van der Waals surface area contributed by atoms with E-state index in [1.807, 2.05) is 6.20 Å². The molecule has 2 rings (SSSR count). The highest BCUT2D eigenvalue weighted by Crippen LogP contribution is 2.25. The van der Waals surface area contributed by atoms with Crippen molar-refractivity contribution in [2.24, 2.45) is 0 Å². The Morgan fingerprint density at radius 3 is 2.15 bits per heavy atom. The van der Waals surface area contributed by atoms with Gasteiger partial charge in [-0.15, -0.1) is 0 Å². The van der Waals surface area contributed by atoms with Crippen molar-refractivity contribution in [1.29, 1.82) is 0 Å². The Kier molecular flexibility index (Phi) is 9.23. The van der Waals surface area contributed by atoms with Crippen LogP contribution in [0.25, 0.3) is 0 Å². The van der Waals surface area contributed by atoms with Gasteiger partial charge >= 0.3 is 0 Å². The molecular formula is C24H35NO. The van der Waals surface area contributed by atoms with Crippen LogP contribution in [0.5, 0.6) is 5.75 Å². The minimum Gasteiger partial charge on any atom is -0.494 e. The Bertz CT molecular complexity index is 603. The highest BCUT2D eigenvalue weighted by Gasteiger charge is 2.09. The van der Waals surface area contributed by atoms with Crippen molar-refractivity contribution in [3.05, 3.63) is 59.4 Å². The van der Waals surface area contributed by atoms with Crippen LogP contribution in [-0.4, -0.2) is 11.6 Å². The smallest absolute Gasteiger partial charge is 0.119 e. The molecule has 0 N–H and O–H groups in total. The fourth-order valence-corrected chi connectivity index (χ4v) is 3.16. The molecular weight excluding hydrogens is 318 g/mol. The minimum absolute atomic E-state index is 0.353. The first kappa shape index (κ1) is 20.5. The van der Waals surface area contributed by atoms with Crippen molar-refractivity contribution in [2.45, 2.75) is 78.1 Å². The Balaban J connectivity index is 1.85. The van der Waals surface area contributed by atoms with Crippen LogP contribution in [0.15, 0.2) is 42.6 Å². The lowest BCUT2D eigenvalue weighted by Gasteiger charge is -2.14. The molecule has 142 valence electrons. The van der Waals surface area contributed by atoms with Gasteiger partial charge in [-0.25, -0.2) is 0 Å². The topological polar surface area (TPSA) is 22.1 Å². The molecule has 0 saturated carbocycles. The van der Waals surface area contributed by atoms with Gasteiger partial charge < -0.3 is 4.74 Å². The van der Waals surface area contributed by atoms with Crippen LogP contribution in [0.1, 0.15) is 88.5 Å². The van der Waals surface area contributed by atoms with E-state index in [0.29, 0.717) is 5.92 Å². The first-order valence-electron chi connectivity index (χ1n) is 10.4. The second-order valence-corrected chi connectivity index (χ2v) is 7.24. The van der Waals surface area contributed by atoms with Crippen LogP contribution < -0.4 is 4.74 Å². The molecule has 26 heavy (non-hydrogen) atoms. The summed E-state index contributed by atoms with van der Waals surface area (Å²) in [4.78, 5) is 4.65. The summed E-state index contributed by atoms with van der Waals surface area (Å²) in [6.45, 7) is 7.53. The highest BCUT2D eigenvalue weighted by molar-refractivity contribution is 5.34. The number of nitrogens with zero attached hydrogens (tertiary/aromatic N) is 1. The SMILES string of the molecule is CCCCCCOc1ccc(C(C)c2ccc(CCCCC)nc2)cc1. The molecule has 0 aliphatic heterocycles. The zero-order chi connectivity index (χ0) is 18.6. The third kappa shape index (κ3) is 6.82. The van der Waals surface area contributed by atoms with Crippen LogP contribution >= 0.6 is 0 Å². The molecule has 0 aliphatic rings. The summed E-state index contributed by atoms with van der Waals surface area (Å²) >= 11 is 0. The summed E-state index contributed by atoms with van der Waals surface area (Å²) in [5.74, 6) is 1.33. The van der Waals surface area contributed by atoms with E-state index < -0.39 is 0 Å². The summed E-state index contributed by atoms with van der Waals surface area (Å²) in [6, 6.07) is 13.0. The van der Waals surface area contributed by atoms with Crippen LogP contribution in [0.3, 0.4) is 0 Å². The molecule has 1 aromatic carbocycles. The fourth-order valence-electron chi connectivity index (χ4n) is 3.16. The number of pyridine rings is 1. The maximum absolute atomic E-state index is 5.84. The largest absolute Gasteiger partial charge is 0.494 e. The zero-order valence-corrected chi connectivity index (χ0v) is 16.8. The van der Waals surface area contributed by atoms with Gasteiger partial charge in [-0.2, -0.15) is 0 Å². The summed E-state index contributed by atoms with van der Waals surface area (Å²) < 4.78 is 5.84. The Morgan fingerprint density at radius 1 is 0.808 bits per heavy atom. The molecule has 1 heterocycles. The normalized spacial score (nSPS) is 12.1. The number of hydrogen-bond acceptors (Lipinski definition) is 2. The number of hydrogen-bond donors (Lipinski definition) is 0. The monoisotopic (exact) mass is 353 g/mol. The Labute approximate surface area is 160 Å². The van der Waals surface area contributed by atoms with Crippen molar-refractivity contribution >= 4 is 0 Å². The average Bonchev–Trinajstić information content (AvgIpc) is 2.68. The predicted molar refractivity (Wildman–Crippen MR) is 111 cm³/mol. The molecule has 0 aliphatic carbocycles. The highest BCUT2D eigenvalue weighted by atomic mass is 16.5. The summed E-state index contributed by atoms with van der Waals surface area (Å²) in [5, 5.41) is 0. The third-order valence-electron chi connectivity index (χ3n) is 5.03. The number of aryl methyl sites for hydroxylation is 1. The molecule has 0 spiro atoms. The lowest BCUT2D eigenvalue weighted by atomic mass is 9.94. The van der Waals surface area contributed by atoms with Gasteiger partial charge in [0, 0.05) is 17.8 Å². The maximum Gasteiger partial charge on any atom is 0.119 e. The van der Waals surface area contributed by atoms with Crippen LogP contribution in [0, 0.1) is 0 Å². The van der Waals surface area contributed by atoms with E-state index in [-0.39, 0.29) is 0 Å². The number of ether oxygens (including phenoxy) is 1. The standard InChI is InChI=1S/C24H35NO/c1-4-6-8-10-18-26-24-16-13-21(14-17-24)20(3)22-12-15-23(25-19-22)11-9-7-5-2/h12-17,19-20H,4-11,18H2,1-3H3. The molecule has 1 unspecified atom stereocenters. The average molecular weight is 354 g/mol. The van der Waals surface area contributed by atoms with E-state index in [2.05, 4.69) is 62.2 Å². The number of rotatable bonds is 12. The van der Waals surface area contributed by atoms with Crippen LogP contribution in [0.2, 0.25) is 0 Å². The molecule has 0 bridgehead atoms. The molecule has 1 aromatic heterocycles. The van der Waals surface area contributed by atoms with E-state index in [1.54, 1.807) is 0 Å². The summed E-state index contributed by atoms with van der Waals surface area (Å²) in [5.41, 5.74) is 3.79. The fraction of sp³-hybridized carbons (Fsp3) is 0.542. The molecule has 0 radical (unpaired) electrons. The van der Waals surface area contributed by atoms with Crippen LogP contribution in [-0.2, 0) is 6.42 Å². The molecule has 0 fully saturated rings. The molecule has 1 atom stereocenters. The van der Waals surface area contributed by atoms with E-state index >= 15 is 0 Å². The molecule has 0 amide bonds. The van der Waals surface area contributed by atoms with Gasteiger partial charge in [0.2, 0.25) is 0 Å². The Hall–Kier alpha value is -1.83. The molecule has 0 saturated heterocycles. The second-order valence-electron chi connectivity index (χ2n) is 7.24. The quantitative estimate of drug-likeness (QED) is 0.386. The first-order chi connectivity index (χ1) is 12.7. The first-order valence-corrected chi connectivity index (χ1v) is 10.4. The van der Waals surface area contributed by atoms with E-state index in [4.69, 9.17) is 4.74 Å². The van der Waals surface area contributed by atoms with Gasteiger partial charge in [-0.1, -0.05) is 71.1 Å². The van der Waals surface area contributed by atoms with Crippen LogP contribution in [0.4, 0.5) is 0 Å².